The first-order valence-corrected chi connectivity index (χ1v) is 18.2. The van der Waals surface area contributed by atoms with Gasteiger partial charge in [-0.2, -0.15) is 0 Å². The summed E-state index contributed by atoms with van der Waals surface area (Å²) in [6.07, 6.45) is 0. The Hall–Kier alpha value is -5.74. The van der Waals surface area contributed by atoms with Gasteiger partial charge in [0.15, 0.2) is 0 Å². The largest absolute Gasteiger partial charge is 0.310 e. The van der Waals surface area contributed by atoms with Gasteiger partial charge in [-0.1, -0.05) is 121 Å². The van der Waals surface area contributed by atoms with Gasteiger partial charge in [-0.15, -0.1) is 22.7 Å². The van der Waals surface area contributed by atoms with Crippen LogP contribution in [0, 0.1) is 0 Å². The van der Waals surface area contributed by atoms with E-state index in [1.807, 2.05) is 22.7 Å². The maximum absolute atomic E-state index is 2.39. The standard InChI is InChI=1S/C46H29NS2/c1-2-9-30(10-3-1)33-12-8-13-36(27-33)47(37-23-25-40-39-15-6-7-16-42(39)48-45(40)29-37)35-21-17-31(18-22-35)34-19-24-41-44(28-34)49-43-26-20-32-11-4-5-14-38(32)46(41)43/h1-29H. The quantitative estimate of drug-likeness (QED) is 0.178. The number of benzene rings is 8. The third-order valence-corrected chi connectivity index (χ3v) is 11.9. The van der Waals surface area contributed by atoms with Crippen LogP contribution >= 0.6 is 22.7 Å². The summed E-state index contributed by atoms with van der Waals surface area (Å²) in [5, 5.41) is 7.94. The highest BCUT2D eigenvalue weighted by molar-refractivity contribution is 7.26. The van der Waals surface area contributed by atoms with Gasteiger partial charge in [-0.25, -0.2) is 0 Å². The lowest BCUT2D eigenvalue weighted by molar-refractivity contribution is 1.29. The van der Waals surface area contributed by atoms with E-state index in [1.165, 1.54) is 73.4 Å². The van der Waals surface area contributed by atoms with Crippen LogP contribution in [0.15, 0.2) is 176 Å². The SMILES string of the molecule is c1ccc(-c2cccc(N(c3ccc(-c4ccc5c(c4)sc4ccc6ccccc6c45)cc3)c3ccc4c(c3)sc3ccccc34)c2)cc1. The molecule has 0 spiro atoms. The molecule has 0 unspecified atom stereocenters. The summed E-state index contributed by atoms with van der Waals surface area (Å²) in [6, 6.07) is 64.4. The van der Waals surface area contributed by atoms with Gasteiger partial charge in [-0.05, 0) is 87.6 Å². The van der Waals surface area contributed by atoms with Gasteiger partial charge in [0, 0.05) is 57.4 Å². The molecular formula is C46H29NS2. The molecule has 0 radical (unpaired) electrons. The zero-order valence-electron chi connectivity index (χ0n) is 26.5. The second-order valence-electron chi connectivity index (χ2n) is 12.6. The number of rotatable bonds is 5. The van der Waals surface area contributed by atoms with Crippen LogP contribution in [0.1, 0.15) is 0 Å². The van der Waals surface area contributed by atoms with E-state index in [4.69, 9.17) is 0 Å². The van der Waals surface area contributed by atoms with Crippen LogP contribution in [0.3, 0.4) is 0 Å². The van der Waals surface area contributed by atoms with E-state index in [-0.39, 0.29) is 0 Å². The predicted molar refractivity (Wildman–Crippen MR) is 215 cm³/mol. The van der Waals surface area contributed by atoms with E-state index in [0.29, 0.717) is 0 Å². The fourth-order valence-electron chi connectivity index (χ4n) is 7.28. The zero-order valence-corrected chi connectivity index (χ0v) is 28.1. The van der Waals surface area contributed by atoms with Crippen molar-refractivity contribution < 1.29 is 0 Å². The minimum Gasteiger partial charge on any atom is -0.310 e. The lowest BCUT2D eigenvalue weighted by Crippen LogP contribution is -2.09. The summed E-state index contributed by atoms with van der Waals surface area (Å²) >= 11 is 3.74. The molecule has 0 amide bonds. The minimum absolute atomic E-state index is 1.13. The van der Waals surface area contributed by atoms with E-state index in [0.717, 1.165) is 17.1 Å². The van der Waals surface area contributed by atoms with Gasteiger partial charge < -0.3 is 4.90 Å². The van der Waals surface area contributed by atoms with Crippen molar-refractivity contribution in [1.82, 2.24) is 0 Å². The molecule has 0 fully saturated rings. The van der Waals surface area contributed by atoms with Crippen LogP contribution in [0.4, 0.5) is 17.1 Å². The first-order valence-electron chi connectivity index (χ1n) is 16.6. The van der Waals surface area contributed by atoms with Crippen molar-refractivity contribution in [3.8, 4) is 22.3 Å². The summed E-state index contributed by atoms with van der Waals surface area (Å²) in [5.41, 5.74) is 8.27. The van der Waals surface area contributed by atoms with Crippen molar-refractivity contribution in [3.63, 3.8) is 0 Å². The van der Waals surface area contributed by atoms with Crippen LogP contribution in [0.2, 0.25) is 0 Å². The molecule has 0 bridgehead atoms. The average Bonchev–Trinajstić information content (AvgIpc) is 3.73. The molecular weight excluding hydrogens is 631 g/mol. The molecule has 230 valence electrons. The fraction of sp³-hybridized carbons (Fsp3) is 0. The van der Waals surface area contributed by atoms with Gasteiger partial charge in [0.05, 0.1) is 0 Å². The Balaban J connectivity index is 1.08. The van der Waals surface area contributed by atoms with Gasteiger partial charge in [0.2, 0.25) is 0 Å². The van der Waals surface area contributed by atoms with Gasteiger partial charge in [-0.3, -0.25) is 0 Å². The van der Waals surface area contributed by atoms with Gasteiger partial charge in [0.25, 0.3) is 0 Å². The number of hydrogen-bond donors (Lipinski definition) is 0. The minimum atomic E-state index is 1.13. The predicted octanol–water partition coefficient (Wildman–Crippen LogP) is 14.4. The molecule has 0 saturated heterocycles. The van der Waals surface area contributed by atoms with Crippen molar-refractivity contribution in [3.05, 3.63) is 176 Å². The normalized spacial score (nSPS) is 11.7. The highest BCUT2D eigenvalue weighted by Crippen LogP contribution is 2.43. The van der Waals surface area contributed by atoms with Crippen LogP contribution in [-0.4, -0.2) is 0 Å². The van der Waals surface area contributed by atoms with Crippen LogP contribution in [0.5, 0.6) is 0 Å². The first kappa shape index (κ1) is 28.3. The topological polar surface area (TPSA) is 3.24 Å². The second kappa shape index (κ2) is 11.5. The number of anilines is 3. The average molecular weight is 660 g/mol. The zero-order chi connectivity index (χ0) is 32.3. The monoisotopic (exact) mass is 659 g/mol. The van der Waals surface area contributed by atoms with Crippen LogP contribution in [-0.2, 0) is 0 Å². The van der Waals surface area contributed by atoms with Crippen LogP contribution in [0.25, 0.3) is 73.4 Å². The third-order valence-electron chi connectivity index (χ3n) is 9.65. The molecule has 0 atom stereocenters. The highest BCUT2D eigenvalue weighted by Gasteiger charge is 2.16. The fourth-order valence-corrected chi connectivity index (χ4v) is 9.58. The Labute approximate surface area is 292 Å². The maximum atomic E-state index is 2.39. The maximum Gasteiger partial charge on any atom is 0.0476 e. The second-order valence-corrected chi connectivity index (χ2v) is 14.7. The molecule has 0 saturated carbocycles. The molecule has 10 aromatic rings. The third kappa shape index (κ3) is 4.82. The summed E-state index contributed by atoms with van der Waals surface area (Å²) in [4.78, 5) is 2.39. The van der Waals surface area contributed by atoms with E-state index >= 15 is 0 Å². The Kier molecular flexibility index (Phi) is 6.61. The molecule has 49 heavy (non-hydrogen) atoms. The Morgan fingerprint density at radius 1 is 0.306 bits per heavy atom. The van der Waals surface area contributed by atoms with Crippen LogP contribution < -0.4 is 4.90 Å². The van der Waals surface area contributed by atoms with E-state index in [2.05, 4.69) is 181 Å². The molecule has 10 rings (SSSR count). The van der Waals surface area contributed by atoms with Crippen molar-refractivity contribution >= 4 is 90.9 Å². The molecule has 2 aromatic heterocycles. The smallest absolute Gasteiger partial charge is 0.0476 e. The van der Waals surface area contributed by atoms with E-state index in [1.54, 1.807) is 0 Å². The number of hydrogen-bond acceptors (Lipinski definition) is 3. The highest BCUT2D eigenvalue weighted by atomic mass is 32.1. The number of thiophene rings is 2. The first-order chi connectivity index (χ1) is 24.3. The Morgan fingerprint density at radius 3 is 1.82 bits per heavy atom. The molecule has 2 heterocycles. The summed E-state index contributed by atoms with van der Waals surface area (Å²) in [7, 11) is 0. The van der Waals surface area contributed by atoms with Gasteiger partial charge in [0.1, 0.15) is 0 Å². The molecule has 0 aliphatic heterocycles. The molecule has 8 aromatic carbocycles. The lowest BCUT2D eigenvalue weighted by Gasteiger charge is -2.26. The van der Waals surface area contributed by atoms with E-state index < -0.39 is 0 Å². The van der Waals surface area contributed by atoms with Crippen molar-refractivity contribution in [2.24, 2.45) is 0 Å². The lowest BCUT2D eigenvalue weighted by atomic mass is 10.0. The molecule has 1 nitrogen and oxygen atoms in total. The molecule has 0 aliphatic rings. The van der Waals surface area contributed by atoms with Crippen molar-refractivity contribution in [2.75, 3.05) is 4.90 Å². The van der Waals surface area contributed by atoms with E-state index in [9.17, 15) is 0 Å². The summed E-state index contributed by atoms with van der Waals surface area (Å²) in [6.45, 7) is 0. The summed E-state index contributed by atoms with van der Waals surface area (Å²) < 4.78 is 5.28. The van der Waals surface area contributed by atoms with Crippen molar-refractivity contribution in [2.45, 2.75) is 0 Å². The summed E-state index contributed by atoms with van der Waals surface area (Å²) in [5.74, 6) is 0. The molecule has 0 N–H and O–H groups in total. The number of fused-ring (bicyclic) bond motifs is 8. The Morgan fingerprint density at radius 2 is 0.918 bits per heavy atom. The Bertz CT molecular complexity index is 2830. The molecule has 3 heteroatoms. The number of nitrogens with zero attached hydrogens (tertiary/aromatic N) is 1. The molecule has 0 aliphatic carbocycles. The van der Waals surface area contributed by atoms with Gasteiger partial charge >= 0.3 is 0 Å². The van der Waals surface area contributed by atoms with Crippen molar-refractivity contribution in [1.29, 1.82) is 0 Å².